The molecule has 11 aromatic rings. The molecule has 1 heterocycles. The minimum atomic E-state index is 0.900. The fourth-order valence-corrected chi connectivity index (χ4v) is 8.61. The van der Waals surface area contributed by atoms with Gasteiger partial charge in [-0.05, 0) is 104 Å². The largest absolute Gasteiger partial charge is 0.455 e. The molecule has 0 aliphatic carbocycles. The fourth-order valence-electron chi connectivity index (χ4n) is 8.61. The molecule has 0 bridgehead atoms. The first-order chi connectivity index (χ1) is 29.7. The standard InChI is InChI=1S/C58H39NO/c1-3-12-40(13-4-1)42-26-32-50(33-27-42)59(51-34-28-43(29-35-51)47-18-9-19-48(38-47)49-25-24-41-14-7-8-17-46(41)39-49)52-36-30-45(31-37-52)54-21-11-23-56-55-22-10-20-53(57(55)60-58(54)56)44-15-5-2-6-16-44/h1-39H. The van der Waals surface area contributed by atoms with Gasteiger partial charge in [0.15, 0.2) is 0 Å². The van der Waals surface area contributed by atoms with E-state index in [0.29, 0.717) is 0 Å². The van der Waals surface area contributed by atoms with Crippen molar-refractivity contribution >= 4 is 49.8 Å². The number of fused-ring (bicyclic) bond motifs is 4. The lowest BCUT2D eigenvalue weighted by molar-refractivity contribution is 0.671. The number of hydrogen-bond acceptors (Lipinski definition) is 2. The summed E-state index contributed by atoms with van der Waals surface area (Å²) in [7, 11) is 0. The van der Waals surface area contributed by atoms with Crippen LogP contribution in [0.4, 0.5) is 17.1 Å². The molecule has 0 saturated heterocycles. The molecule has 0 aliphatic heterocycles. The molecule has 2 nitrogen and oxygen atoms in total. The van der Waals surface area contributed by atoms with Gasteiger partial charge in [0.2, 0.25) is 0 Å². The number of nitrogens with zero attached hydrogens (tertiary/aromatic N) is 1. The van der Waals surface area contributed by atoms with Crippen LogP contribution in [-0.2, 0) is 0 Å². The zero-order valence-corrected chi connectivity index (χ0v) is 32.9. The quantitative estimate of drug-likeness (QED) is 0.153. The third kappa shape index (κ3) is 6.51. The van der Waals surface area contributed by atoms with E-state index >= 15 is 0 Å². The van der Waals surface area contributed by atoms with Crippen molar-refractivity contribution in [2.24, 2.45) is 0 Å². The third-order valence-corrected chi connectivity index (χ3v) is 11.7. The Kier molecular flexibility index (Phi) is 8.87. The molecule has 0 spiro atoms. The predicted octanol–water partition coefficient (Wildman–Crippen LogP) is 16.5. The second-order valence-corrected chi connectivity index (χ2v) is 15.3. The zero-order valence-electron chi connectivity index (χ0n) is 32.9. The smallest absolute Gasteiger partial charge is 0.143 e. The van der Waals surface area contributed by atoms with Gasteiger partial charge in [-0.15, -0.1) is 0 Å². The van der Waals surface area contributed by atoms with Crippen molar-refractivity contribution in [2.45, 2.75) is 0 Å². The van der Waals surface area contributed by atoms with Gasteiger partial charge >= 0.3 is 0 Å². The summed E-state index contributed by atoms with van der Waals surface area (Å²) in [6.07, 6.45) is 0. The number of benzene rings is 10. The van der Waals surface area contributed by atoms with Crippen molar-refractivity contribution in [1.82, 2.24) is 0 Å². The molecule has 60 heavy (non-hydrogen) atoms. The highest BCUT2D eigenvalue weighted by Gasteiger charge is 2.18. The molecule has 11 rings (SSSR count). The van der Waals surface area contributed by atoms with Gasteiger partial charge in [0.25, 0.3) is 0 Å². The van der Waals surface area contributed by atoms with E-state index in [2.05, 4.69) is 235 Å². The molecule has 282 valence electrons. The van der Waals surface area contributed by atoms with Crippen molar-refractivity contribution in [2.75, 3.05) is 4.90 Å². The molecule has 10 aromatic carbocycles. The van der Waals surface area contributed by atoms with Gasteiger partial charge in [-0.1, -0.05) is 188 Å². The highest BCUT2D eigenvalue weighted by Crippen LogP contribution is 2.42. The highest BCUT2D eigenvalue weighted by molar-refractivity contribution is 6.13. The maximum Gasteiger partial charge on any atom is 0.143 e. The molecule has 2 heteroatoms. The minimum absolute atomic E-state index is 0.900. The Morgan fingerprint density at radius 1 is 0.250 bits per heavy atom. The molecule has 1 aromatic heterocycles. The second kappa shape index (κ2) is 15.1. The van der Waals surface area contributed by atoms with E-state index in [9.17, 15) is 0 Å². The van der Waals surface area contributed by atoms with E-state index < -0.39 is 0 Å². The van der Waals surface area contributed by atoms with Crippen LogP contribution in [0.15, 0.2) is 241 Å². The number of para-hydroxylation sites is 2. The van der Waals surface area contributed by atoms with Crippen LogP contribution in [0.5, 0.6) is 0 Å². The van der Waals surface area contributed by atoms with Crippen LogP contribution >= 0.6 is 0 Å². The lowest BCUT2D eigenvalue weighted by Crippen LogP contribution is -2.09. The van der Waals surface area contributed by atoms with E-state index in [1.807, 2.05) is 6.07 Å². The lowest BCUT2D eigenvalue weighted by Gasteiger charge is -2.26. The first-order valence-corrected chi connectivity index (χ1v) is 20.5. The van der Waals surface area contributed by atoms with E-state index in [-0.39, 0.29) is 0 Å². The molecule has 0 atom stereocenters. The summed E-state index contributed by atoms with van der Waals surface area (Å²) in [5, 5.41) is 4.74. The van der Waals surface area contributed by atoms with Crippen LogP contribution in [0.3, 0.4) is 0 Å². The molecule has 0 fully saturated rings. The van der Waals surface area contributed by atoms with E-state index in [4.69, 9.17) is 4.42 Å². The molecular weight excluding hydrogens is 727 g/mol. The Hall–Kier alpha value is -7.94. The monoisotopic (exact) mass is 765 g/mol. The SMILES string of the molecule is c1ccc(-c2ccc(N(c3ccc(-c4cccc(-c5ccc6ccccc6c5)c4)cc3)c3ccc(-c4cccc5c4oc4c(-c6ccccc6)cccc45)cc3)cc2)cc1. The van der Waals surface area contributed by atoms with Crippen molar-refractivity contribution in [1.29, 1.82) is 0 Å². The summed E-state index contributed by atoms with van der Waals surface area (Å²) >= 11 is 0. The van der Waals surface area contributed by atoms with Crippen LogP contribution in [0.1, 0.15) is 0 Å². The molecule has 0 amide bonds. The van der Waals surface area contributed by atoms with E-state index in [1.54, 1.807) is 0 Å². The molecule has 0 unspecified atom stereocenters. The molecule has 0 aliphatic rings. The van der Waals surface area contributed by atoms with Crippen LogP contribution in [0.25, 0.3) is 88.3 Å². The van der Waals surface area contributed by atoms with Crippen LogP contribution in [0, 0.1) is 0 Å². The van der Waals surface area contributed by atoms with Crippen LogP contribution in [-0.4, -0.2) is 0 Å². The van der Waals surface area contributed by atoms with Crippen LogP contribution < -0.4 is 4.90 Å². The number of hydrogen-bond donors (Lipinski definition) is 0. The first kappa shape index (κ1) is 35.2. The molecule has 0 radical (unpaired) electrons. The highest BCUT2D eigenvalue weighted by atomic mass is 16.3. The molecular formula is C58H39NO. The molecule has 0 N–H and O–H groups in total. The van der Waals surface area contributed by atoms with Crippen LogP contribution in [0.2, 0.25) is 0 Å². The van der Waals surface area contributed by atoms with Gasteiger partial charge in [0.05, 0.1) is 0 Å². The van der Waals surface area contributed by atoms with Gasteiger partial charge in [-0.3, -0.25) is 0 Å². The number of anilines is 3. The normalized spacial score (nSPS) is 11.3. The molecule has 0 saturated carbocycles. The van der Waals surface area contributed by atoms with Crippen molar-refractivity contribution in [3.05, 3.63) is 237 Å². The summed E-state index contributed by atoms with van der Waals surface area (Å²) < 4.78 is 6.77. The maximum atomic E-state index is 6.77. The van der Waals surface area contributed by atoms with Gasteiger partial charge in [-0.2, -0.15) is 0 Å². The third-order valence-electron chi connectivity index (χ3n) is 11.7. The fraction of sp³-hybridized carbons (Fsp3) is 0. The summed E-state index contributed by atoms with van der Waals surface area (Å²) in [6, 6.07) is 84.7. The second-order valence-electron chi connectivity index (χ2n) is 15.3. The van der Waals surface area contributed by atoms with Gasteiger partial charge < -0.3 is 9.32 Å². The topological polar surface area (TPSA) is 16.4 Å². The van der Waals surface area contributed by atoms with E-state index in [0.717, 1.165) is 61.3 Å². The Morgan fingerprint density at radius 3 is 1.22 bits per heavy atom. The average molecular weight is 766 g/mol. The van der Waals surface area contributed by atoms with Gasteiger partial charge in [0.1, 0.15) is 11.2 Å². The Labute approximate surface area is 349 Å². The Bertz CT molecular complexity index is 3270. The van der Waals surface area contributed by atoms with E-state index in [1.165, 1.54) is 44.2 Å². The van der Waals surface area contributed by atoms with Crippen molar-refractivity contribution < 1.29 is 4.42 Å². The zero-order chi connectivity index (χ0) is 39.8. The number of rotatable bonds is 8. The summed E-state index contributed by atoms with van der Waals surface area (Å²) in [5.74, 6) is 0. The summed E-state index contributed by atoms with van der Waals surface area (Å²) in [4.78, 5) is 2.34. The summed E-state index contributed by atoms with van der Waals surface area (Å²) in [5.41, 5.74) is 16.6. The van der Waals surface area contributed by atoms with Gasteiger partial charge in [0, 0.05) is 39.0 Å². The average Bonchev–Trinajstić information content (AvgIpc) is 3.72. The lowest BCUT2D eigenvalue weighted by atomic mass is 9.97. The Morgan fingerprint density at radius 2 is 0.633 bits per heavy atom. The predicted molar refractivity (Wildman–Crippen MR) is 253 cm³/mol. The summed E-state index contributed by atoms with van der Waals surface area (Å²) in [6.45, 7) is 0. The number of furan rings is 1. The minimum Gasteiger partial charge on any atom is -0.455 e. The van der Waals surface area contributed by atoms with Crippen molar-refractivity contribution in [3.63, 3.8) is 0 Å². The van der Waals surface area contributed by atoms with Gasteiger partial charge in [-0.25, -0.2) is 0 Å². The first-order valence-electron chi connectivity index (χ1n) is 20.5. The Balaban J connectivity index is 0.957. The van der Waals surface area contributed by atoms with Crippen molar-refractivity contribution in [3.8, 4) is 55.6 Å². The maximum absolute atomic E-state index is 6.77.